The van der Waals surface area contributed by atoms with Crippen molar-refractivity contribution in [2.24, 2.45) is 5.10 Å². The molecule has 0 unspecified atom stereocenters. The molecular formula is C29H29N3O3S. The van der Waals surface area contributed by atoms with Gasteiger partial charge in [-0.05, 0) is 71.3 Å². The van der Waals surface area contributed by atoms with Crippen LogP contribution in [0, 0.1) is 0 Å². The van der Waals surface area contributed by atoms with Crippen LogP contribution in [0.15, 0.2) is 77.9 Å². The van der Waals surface area contributed by atoms with E-state index in [2.05, 4.69) is 46.9 Å². The number of ether oxygens (including phenoxy) is 1. The van der Waals surface area contributed by atoms with Crippen molar-refractivity contribution in [3.8, 4) is 16.9 Å². The van der Waals surface area contributed by atoms with Crippen LogP contribution in [-0.2, 0) is 9.59 Å². The fourth-order valence-corrected chi connectivity index (χ4v) is 5.84. The third-order valence-electron chi connectivity index (χ3n) is 6.51. The summed E-state index contributed by atoms with van der Waals surface area (Å²) in [5, 5.41) is 4.24. The van der Waals surface area contributed by atoms with E-state index in [-0.39, 0.29) is 23.7 Å². The van der Waals surface area contributed by atoms with Crippen LogP contribution < -0.4 is 10.2 Å². The molecule has 1 aliphatic heterocycles. The van der Waals surface area contributed by atoms with Gasteiger partial charge in [0.2, 0.25) is 5.91 Å². The second-order valence-electron chi connectivity index (χ2n) is 8.96. The molecule has 1 fully saturated rings. The molecule has 1 heterocycles. The summed E-state index contributed by atoms with van der Waals surface area (Å²) in [6.45, 7) is 1.70. The van der Waals surface area contributed by atoms with E-state index in [4.69, 9.17) is 4.74 Å². The lowest BCUT2D eigenvalue weighted by Gasteiger charge is -2.26. The first-order chi connectivity index (χ1) is 17.7. The molecule has 2 aliphatic rings. The summed E-state index contributed by atoms with van der Waals surface area (Å²) in [4.78, 5) is 26.6. The van der Waals surface area contributed by atoms with Crippen LogP contribution in [0.25, 0.3) is 11.1 Å². The number of hydrogen-bond donors (Lipinski definition) is 1. The number of amides is 2. The van der Waals surface area contributed by atoms with Gasteiger partial charge in [-0.3, -0.25) is 9.59 Å². The van der Waals surface area contributed by atoms with E-state index in [1.165, 1.54) is 28.7 Å². The zero-order valence-corrected chi connectivity index (χ0v) is 20.9. The lowest BCUT2D eigenvalue weighted by Crippen LogP contribution is -2.38. The van der Waals surface area contributed by atoms with E-state index in [0.29, 0.717) is 11.5 Å². The van der Waals surface area contributed by atoms with E-state index in [9.17, 15) is 9.59 Å². The van der Waals surface area contributed by atoms with Crippen molar-refractivity contribution in [2.75, 3.05) is 25.4 Å². The Kier molecular flexibility index (Phi) is 7.67. The molecule has 1 aliphatic carbocycles. The normalized spacial score (nSPS) is 14.9. The predicted molar refractivity (Wildman–Crippen MR) is 144 cm³/mol. The lowest BCUT2D eigenvalue weighted by molar-refractivity contribution is -0.134. The fourth-order valence-electron chi connectivity index (χ4n) is 4.69. The number of hydrazone groups is 1. The van der Waals surface area contributed by atoms with Gasteiger partial charge in [0.1, 0.15) is 5.75 Å². The standard InChI is InChI=1S/C29H29N3O3S/c33-27(20-36-29-25-10-4-2-8-23(25)24-9-3-5-11-26(24)29)31-30-18-21-12-14-22(15-13-21)35-19-28(34)32-16-6-1-7-17-32/h2-5,8-15,18,29H,1,6-7,16-17,19-20H2,(H,31,33)/b30-18-. The Morgan fingerprint density at radius 1 is 0.917 bits per heavy atom. The van der Waals surface area contributed by atoms with Gasteiger partial charge in [-0.2, -0.15) is 5.10 Å². The van der Waals surface area contributed by atoms with Crippen LogP contribution in [0.4, 0.5) is 0 Å². The van der Waals surface area contributed by atoms with Gasteiger partial charge in [0, 0.05) is 13.1 Å². The maximum Gasteiger partial charge on any atom is 0.260 e. The predicted octanol–water partition coefficient (Wildman–Crippen LogP) is 5.03. The zero-order valence-electron chi connectivity index (χ0n) is 20.1. The molecule has 5 rings (SSSR count). The number of hydrogen-bond acceptors (Lipinski definition) is 5. The van der Waals surface area contributed by atoms with Crippen molar-refractivity contribution in [1.29, 1.82) is 0 Å². The van der Waals surface area contributed by atoms with Crippen LogP contribution in [0.1, 0.15) is 41.2 Å². The summed E-state index contributed by atoms with van der Waals surface area (Å²) < 4.78 is 5.64. The van der Waals surface area contributed by atoms with Gasteiger partial charge in [0.25, 0.3) is 5.91 Å². The minimum Gasteiger partial charge on any atom is -0.484 e. The minimum absolute atomic E-state index is 0.0329. The van der Waals surface area contributed by atoms with Gasteiger partial charge < -0.3 is 9.64 Å². The van der Waals surface area contributed by atoms with Crippen LogP contribution >= 0.6 is 11.8 Å². The van der Waals surface area contributed by atoms with E-state index >= 15 is 0 Å². The molecule has 1 saturated heterocycles. The molecule has 0 aromatic heterocycles. The molecule has 0 radical (unpaired) electrons. The van der Waals surface area contributed by atoms with Crippen LogP contribution in [-0.4, -0.2) is 48.4 Å². The SMILES string of the molecule is O=C(CSC1c2ccccc2-c2ccccc21)N/N=C\c1ccc(OCC(=O)N2CCCCC2)cc1. The average molecular weight is 500 g/mol. The summed E-state index contributed by atoms with van der Waals surface area (Å²) in [5.74, 6) is 0.831. The molecule has 1 N–H and O–H groups in total. The highest BCUT2D eigenvalue weighted by atomic mass is 32.2. The van der Waals surface area contributed by atoms with Gasteiger partial charge in [-0.1, -0.05) is 48.5 Å². The second-order valence-corrected chi connectivity index (χ2v) is 10.1. The van der Waals surface area contributed by atoms with Crippen molar-refractivity contribution in [3.63, 3.8) is 0 Å². The Bertz CT molecular complexity index is 1210. The lowest BCUT2D eigenvalue weighted by atomic mass is 10.1. The molecule has 0 atom stereocenters. The highest BCUT2D eigenvalue weighted by Crippen LogP contribution is 2.49. The van der Waals surface area contributed by atoms with Crippen LogP contribution in [0.2, 0.25) is 0 Å². The molecule has 0 saturated carbocycles. The van der Waals surface area contributed by atoms with Gasteiger partial charge in [-0.15, -0.1) is 11.8 Å². The fraction of sp³-hybridized carbons (Fsp3) is 0.276. The monoisotopic (exact) mass is 499 g/mol. The Hall–Kier alpha value is -3.58. The van der Waals surface area contributed by atoms with E-state index < -0.39 is 0 Å². The molecule has 7 heteroatoms. The Morgan fingerprint density at radius 2 is 1.56 bits per heavy atom. The number of benzene rings is 3. The Balaban J connectivity index is 1.09. The van der Waals surface area contributed by atoms with Crippen molar-refractivity contribution < 1.29 is 14.3 Å². The Labute approximate surface area is 215 Å². The van der Waals surface area contributed by atoms with Gasteiger partial charge in [0.05, 0.1) is 17.2 Å². The Morgan fingerprint density at radius 3 is 2.22 bits per heavy atom. The molecule has 2 amide bonds. The average Bonchev–Trinajstić information content (AvgIpc) is 3.25. The third kappa shape index (κ3) is 5.62. The molecule has 184 valence electrons. The molecular weight excluding hydrogens is 470 g/mol. The number of carbonyl (C=O) groups excluding carboxylic acids is 2. The topological polar surface area (TPSA) is 71.0 Å². The molecule has 3 aromatic rings. The maximum atomic E-state index is 12.4. The molecule has 36 heavy (non-hydrogen) atoms. The number of likely N-dealkylation sites (tertiary alicyclic amines) is 1. The van der Waals surface area contributed by atoms with Crippen molar-refractivity contribution >= 4 is 29.8 Å². The van der Waals surface area contributed by atoms with Crippen molar-refractivity contribution in [3.05, 3.63) is 89.5 Å². The number of carbonyl (C=O) groups is 2. The van der Waals surface area contributed by atoms with E-state index in [1.54, 1.807) is 30.1 Å². The summed E-state index contributed by atoms with van der Waals surface area (Å²) in [6, 6.07) is 24.1. The first-order valence-electron chi connectivity index (χ1n) is 12.3. The summed E-state index contributed by atoms with van der Waals surface area (Å²) >= 11 is 1.61. The molecule has 0 bridgehead atoms. The molecule has 6 nitrogen and oxygen atoms in total. The zero-order chi connectivity index (χ0) is 24.7. The smallest absolute Gasteiger partial charge is 0.260 e. The highest BCUT2D eigenvalue weighted by Gasteiger charge is 2.28. The van der Waals surface area contributed by atoms with Gasteiger partial charge in [-0.25, -0.2) is 5.43 Å². The number of rotatable bonds is 8. The molecule has 3 aromatic carbocycles. The van der Waals surface area contributed by atoms with Crippen LogP contribution in [0.5, 0.6) is 5.75 Å². The quantitative estimate of drug-likeness (QED) is 0.349. The van der Waals surface area contributed by atoms with E-state index in [0.717, 1.165) is 31.5 Å². The second kappa shape index (κ2) is 11.4. The number of thioether (sulfide) groups is 1. The first-order valence-corrected chi connectivity index (χ1v) is 13.4. The van der Waals surface area contributed by atoms with Crippen LogP contribution in [0.3, 0.4) is 0 Å². The van der Waals surface area contributed by atoms with Crippen molar-refractivity contribution in [2.45, 2.75) is 24.5 Å². The summed E-state index contributed by atoms with van der Waals surface area (Å²) in [6.07, 6.45) is 4.93. The molecule has 0 spiro atoms. The largest absolute Gasteiger partial charge is 0.484 e. The summed E-state index contributed by atoms with van der Waals surface area (Å²) in [7, 11) is 0. The van der Waals surface area contributed by atoms with Gasteiger partial charge in [0.15, 0.2) is 6.61 Å². The number of fused-ring (bicyclic) bond motifs is 3. The highest BCUT2D eigenvalue weighted by molar-refractivity contribution is 8.00. The minimum atomic E-state index is -0.144. The first kappa shape index (κ1) is 24.1. The van der Waals surface area contributed by atoms with Crippen molar-refractivity contribution in [1.82, 2.24) is 10.3 Å². The van der Waals surface area contributed by atoms with Gasteiger partial charge >= 0.3 is 0 Å². The third-order valence-corrected chi connectivity index (χ3v) is 7.78. The van der Waals surface area contributed by atoms with E-state index in [1.807, 2.05) is 29.2 Å². The number of nitrogens with one attached hydrogen (secondary N) is 1. The maximum absolute atomic E-state index is 12.4. The number of nitrogens with zero attached hydrogens (tertiary/aromatic N) is 2. The number of piperidine rings is 1. The summed E-state index contributed by atoms with van der Waals surface area (Å²) in [5.41, 5.74) is 8.44.